The minimum atomic E-state index is -5.24. The maximum Gasteiger partial charge on any atom is 0.391 e. The van der Waals surface area contributed by atoms with Gasteiger partial charge in [0.2, 0.25) is 0 Å². The summed E-state index contributed by atoms with van der Waals surface area (Å²) in [6.45, 7) is 2.46. The zero-order valence-electron chi connectivity index (χ0n) is 18.6. The van der Waals surface area contributed by atoms with Gasteiger partial charge in [-0.25, -0.2) is 0 Å². The highest BCUT2D eigenvalue weighted by molar-refractivity contribution is 4.80. The Morgan fingerprint density at radius 1 is 0.515 bits per heavy atom. The van der Waals surface area contributed by atoms with E-state index in [1.807, 2.05) is 13.8 Å². The van der Waals surface area contributed by atoms with Crippen molar-refractivity contribution < 1.29 is 58.1 Å². The lowest BCUT2D eigenvalue weighted by Crippen LogP contribution is -2.51. The Balaban J connectivity index is 5.40. The second kappa shape index (κ2) is 14.6. The topological polar surface area (TPSA) is 27.7 Å². The maximum absolute atomic E-state index is 14.3. The monoisotopic (exact) mass is 510 g/mol. The molecule has 0 aromatic carbocycles. The van der Waals surface area contributed by atoms with E-state index in [2.05, 4.69) is 14.2 Å². The number of rotatable bonds is 18. The molecule has 0 heterocycles. The summed E-state index contributed by atoms with van der Waals surface area (Å²) in [5.41, 5.74) is 0. The summed E-state index contributed by atoms with van der Waals surface area (Å²) < 4.78 is 146. The fourth-order valence-corrected chi connectivity index (χ4v) is 2.79. The molecule has 2 unspecified atom stereocenters. The first-order valence-corrected chi connectivity index (χ1v) is 10.9. The Morgan fingerprint density at radius 2 is 0.848 bits per heavy atom. The highest BCUT2D eigenvalue weighted by atomic mass is 19.4. The van der Waals surface area contributed by atoms with Crippen molar-refractivity contribution in [2.75, 3.05) is 13.2 Å². The van der Waals surface area contributed by atoms with Crippen molar-refractivity contribution in [3.05, 3.63) is 0 Å². The molecule has 13 heteroatoms. The third kappa shape index (κ3) is 15.7. The lowest BCUT2D eigenvalue weighted by Gasteiger charge is -2.34. The summed E-state index contributed by atoms with van der Waals surface area (Å²) in [7, 11) is 0. The van der Waals surface area contributed by atoms with Gasteiger partial charge in [-0.15, -0.1) is 0 Å². The van der Waals surface area contributed by atoms with Crippen molar-refractivity contribution in [3.63, 3.8) is 0 Å². The molecule has 3 nitrogen and oxygen atoms in total. The van der Waals surface area contributed by atoms with Crippen molar-refractivity contribution >= 4 is 0 Å². The van der Waals surface area contributed by atoms with Crippen LogP contribution in [0.3, 0.4) is 0 Å². The van der Waals surface area contributed by atoms with Gasteiger partial charge in [0.05, 0.1) is 12.8 Å². The zero-order valence-corrected chi connectivity index (χ0v) is 18.6. The molecule has 200 valence electrons. The number of hydrogen-bond acceptors (Lipinski definition) is 3. The van der Waals surface area contributed by atoms with E-state index in [0.29, 0.717) is 25.7 Å². The fraction of sp³-hybridized carbons (Fsp3) is 1.00. The Morgan fingerprint density at radius 3 is 1.12 bits per heavy atom. The Hall–Kier alpha value is -0.820. The van der Waals surface area contributed by atoms with Crippen molar-refractivity contribution in [2.24, 2.45) is 0 Å². The molecule has 0 bridgehead atoms. The molecular formula is C20H32F10O3. The van der Waals surface area contributed by atoms with Gasteiger partial charge >= 0.3 is 24.6 Å². The summed E-state index contributed by atoms with van der Waals surface area (Å²) in [4.78, 5) is 0. The third-order valence-corrected chi connectivity index (χ3v) is 4.49. The van der Waals surface area contributed by atoms with E-state index in [1.165, 1.54) is 0 Å². The van der Waals surface area contributed by atoms with Crippen LogP contribution in [0.4, 0.5) is 43.9 Å². The molecule has 33 heavy (non-hydrogen) atoms. The standard InChI is InChI=1S/C20H32F10O3/c1-3-5-7-9-11-31-15(13-17(21,22)23)19(27,28)33-20(29,30)16(14-18(24,25)26)32-12-10-8-6-4-2/h15-16H,3-14H2,1-2H3. The molecule has 0 N–H and O–H groups in total. The molecule has 2 atom stereocenters. The average Bonchev–Trinajstić information content (AvgIpc) is 2.63. The lowest BCUT2D eigenvalue weighted by atomic mass is 10.2. The first-order valence-electron chi connectivity index (χ1n) is 10.9. The number of unbranched alkanes of at least 4 members (excludes halogenated alkanes) is 6. The van der Waals surface area contributed by atoms with Gasteiger partial charge in [-0.2, -0.15) is 43.9 Å². The zero-order chi connectivity index (χ0) is 25.8. The molecule has 0 spiro atoms. The molecule has 0 fully saturated rings. The van der Waals surface area contributed by atoms with Gasteiger partial charge in [-0.1, -0.05) is 52.4 Å². The molecule has 0 aliphatic rings. The minimum absolute atomic E-state index is 0.0895. The van der Waals surface area contributed by atoms with Gasteiger partial charge in [0, 0.05) is 13.2 Å². The first kappa shape index (κ1) is 32.2. The second-order valence-corrected chi connectivity index (χ2v) is 7.70. The van der Waals surface area contributed by atoms with Crippen LogP contribution < -0.4 is 0 Å². The molecule has 0 rings (SSSR count). The molecule has 0 aromatic heterocycles. The van der Waals surface area contributed by atoms with E-state index < -0.39 is 62.8 Å². The largest absolute Gasteiger partial charge is 0.391 e. The van der Waals surface area contributed by atoms with Crippen LogP contribution in [0.5, 0.6) is 0 Å². The predicted octanol–water partition coefficient (Wildman–Crippen LogP) is 8.02. The van der Waals surface area contributed by atoms with Gasteiger partial charge in [0.15, 0.2) is 12.2 Å². The summed E-state index contributed by atoms with van der Waals surface area (Å²) in [6, 6.07) is 0. The molecule has 0 aliphatic heterocycles. The highest BCUT2D eigenvalue weighted by Gasteiger charge is 2.58. The molecule has 0 saturated heterocycles. The van der Waals surface area contributed by atoms with Gasteiger partial charge in [-0.05, 0) is 12.8 Å². The Labute approximate surface area is 187 Å². The fourth-order valence-electron chi connectivity index (χ4n) is 2.79. The Bertz CT molecular complexity index is 465. The number of halogens is 10. The van der Waals surface area contributed by atoms with E-state index in [9.17, 15) is 43.9 Å². The van der Waals surface area contributed by atoms with Gasteiger partial charge in [-0.3, -0.25) is 4.74 Å². The maximum atomic E-state index is 14.3. The van der Waals surface area contributed by atoms with E-state index in [1.54, 1.807) is 0 Å². The van der Waals surface area contributed by atoms with Crippen molar-refractivity contribution in [3.8, 4) is 0 Å². The lowest BCUT2D eigenvalue weighted by molar-refractivity contribution is -0.431. The van der Waals surface area contributed by atoms with Crippen LogP contribution in [0.1, 0.15) is 78.1 Å². The number of alkyl halides is 10. The normalized spacial score (nSPS) is 15.6. The van der Waals surface area contributed by atoms with Crippen molar-refractivity contribution in [2.45, 2.75) is 115 Å². The molecule has 0 aromatic rings. The summed E-state index contributed by atoms with van der Waals surface area (Å²) in [6.07, 6.45) is -28.1. The van der Waals surface area contributed by atoms with Crippen LogP contribution in [0, 0.1) is 0 Å². The van der Waals surface area contributed by atoms with Crippen LogP contribution >= 0.6 is 0 Å². The molecule has 0 radical (unpaired) electrons. The van der Waals surface area contributed by atoms with E-state index >= 15 is 0 Å². The van der Waals surface area contributed by atoms with Crippen LogP contribution in [-0.4, -0.2) is 50.0 Å². The van der Waals surface area contributed by atoms with Gasteiger partial charge < -0.3 is 9.47 Å². The smallest absolute Gasteiger partial charge is 0.369 e. The number of ether oxygens (including phenoxy) is 3. The quantitative estimate of drug-likeness (QED) is 0.138. The number of hydrogen-bond donors (Lipinski definition) is 0. The SMILES string of the molecule is CCCCCCOC(CC(F)(F)F)C(F)(F)OC(F)(F)C(CC(F)(F)F)OCCCCCC. The van der Waals surface area contributed by atoms with Crippen LogP contribution in [0.2, 0.25) is 0 Å². The third-order valence-electron chi connectivity index (χ3n) is 4.49. The van der Waals surface area contributed by atoms with Gasteiger partial charge in [0.1, 0.15) is 0 Å². The molecule has 0 saturated carbocycles. The minimum Gasteiger partial charge on any atom is -0.369 e. The first-order chi connectivity index (χ1) is 15.0. The Kier molecular flexibility index (Phi) is 14.2. The van der Waals surface area contributed by atoms with E-state index in [-0.39, 0.29) is 12.8 Å². The van der Waals surface area contributed by atoms with Crippen molar-refractivity contribution in [1.29, 1.82) is 0 Å². The predicted molar refractivity (Wildman–Crippen MR) is 100 cm³/mol. The highest BCUT2D eigenvalue weighted by Crippen LogP contribution is 2.40. The van der Waals surface area contributed by atoms with Crippen LogP contribution in [-0.2, 0) is 14.2 Å². The molecule has 0 aliphatic carbocycles. The van der Waals surface area contributed by atoms with Crippen molar-refractivity contribution in [1.82, 2.24) is 0 Å². The summed E-state index contributed by atoms with van der Waals surface area (Å²) >= 11 is 0. The van der Waals surface area contributed by atoms with Crippen LogP contribution in [0.15, 0.2) is 0 Å². The summed E-state index contributed by atoms with van der Waals surface area (Å²) in [5, 5.41) is 0. The van der Waals surface area contributed by atoms with Crippen LogP contribution in [0.25, 0.3) is 0 Å². The second-order valence-electron chi connectivity index (χ2n) is 7.70. The van der Waals surface area contributed by atoms with E-state index in [0.717, 1.165) is 12.8 Å². The van der Waals surface area contributed by atoms with Gasteiger partial charge in [0.25, 0.3) is 0 Å². The van der Waals surface area contributed by atoms with E-state index in [4.69, 9.17) is 0 Å². The average molecular weight is 510 g/mol. The molecular weight excluding hydrogens is 478 g/mol. The molecule has 0 amide bonds. The summed E-state index contributed by atoms with van der Waals surface area (Å²) in [5.74, 6) is 0.